The molecule has 1 aromatic heterocycles. The van der Waals surface area contributed by atoms with Gasteiger partial charge in [-0.25, -0.2) is 9.37 Å². The van der Waals surface area contributed by atoms with Crippen LogP contribution >= 0.6 is 0 Å². The van der Waals surface area contributed by atoms with E-state index in [9.17, 15) is 4.39 Å². The van der Waals surface area contributed by atoms with Crippen molar-refractivity contribution in [2.45, 2.75) is 84.8 Å². The molecule has 1 aliphatic rings. The van der Waals surface area contributed by atoms with Gasteiger partial charge < -0.3 is 13.9 Å². The van der Waals surface area contributed by atoms with Crippen LogP contribution in [0.2, 0.25) is 0 Å². The second-order valence-electron chi connectivity index (χ2n) is 7.47. The quantitative estimate of drug-likeness (QED) is 0.331. The predicted octanol–water partition coefficient (Wildman–Crippen LogP) is 6.37. The highest BCUT2D eigenvalue weighted by molar-refractivity contribution is 5.42. The van der Waals surface area contributed by atoms with Crippen molar-refractivity contribution in [1.82, 2.24) is 4.98 Å². The van der Waals surface area contributed by atoms with Gasteiger partial charge >= 0.3 is 0 Å². The molecule has 1 aromatic rings. The van der Waals surface area contributed by atoms with Crippen LogP contribution in [-0.2, 0) is 9.47 Å². The number of allylic oxidation sites excluding steroid dienone is 3. The van der Waals surface area contributed by atoms with E-state index in [4.69, 9.17) is 13.9 Å². The van der Waals surface area contributed by atoms with E-state index in [1.54, 1.807) is 6.26 Å². The minimum atomic E-state index is -1.23. The molecule has 0 aromatic carbocycles. The third-order valence-electron chi connectivity index (χ3n) is 4.85. The van der Waals surface area contributed by atoms with Crippen LogP contribution in [0.3, 0.4) is 0 Å². The fourth-order valence-corrected chi connectivity index (χ4v) is 3.12. The van der Waals surface area contributed by atoms with E-state index < -0.39 is 6.36 Å². The first-order valence-corrected chi connectivity index (χ1v) is 10.2. The van der Waals surface area contributed by atoms with Gasteiger partial charge in [0, 0.05) is 19.4 Å². The highest BCUT2D eigenvalue weighted by atomic mass is 19.1. The topological polar surface area (TPSA) is 44.5 Å². The van der Waals surface area contributed by atoms with Crippen molar-refractivity contribution >= 4 is 6.08 Å². The molecule has 5 heteroatoms. The van der Waals surface area contributed by atoms with Gasteiger partial charge in [-0.3, -0.25) is 0 Å². The average molecular weight is 380 g/mol. The number of nitrogens with zero attached hydrogens (tertiary/aromatic N) is 1. The molecule has 0 radical (unpaired) electrons. The lowest BCUT2D eigenvalue weighted by Crippen LogP contribution is -2.29. The highest BCUT2D eigenvalue weighted by Gasteiger charge is 2.23. The molecule has 2 heterocycles. The van der Waals surface area contributed by atoms with Gasteiger partial charge in [-0.15, -0.1) is 0 Å². The zero-order valence-electron chi connectivity index (χ0n) is 17.0. The minimum Gasteiger partial charge on any atom is -0.449 e. The predicted molar refractivity (Wildman–Crippen MR) is 106 cm³/mol. The molecule has 3 atom stereocenters. The van der Waals surface area contributed by atoms with Crippen LogP contribution in [0.25, 0.3) is 6.08 Å². The Morgan fingerprint density at radius 3 is 2.96 bits per heavy atom. The Hall–Kier alpha value is -1.46. The van der Waals surface area contributed by atoms with E-state index in [1.807, 2.05) is 19.9 Å². The standard InChI is InChI=1S/C22H34FNO3/c1-17(10-5-4-6-13-20-16-26-19(3)24-20)11-9-12-18(2)22(23)27-21-14-7-8-15-25-21/h6,10,13,16,18,21-22H,4-5,7-9,11-12,14-15H2,1-3H3. The summed E-state index contributed by atoms with van der Waals surface area (Å²) in [6, 6.07) is 0. The molecule has 1 aliphatic heterocycles. The molecule has 27 heavy (non-hydrogen) atoms. The summed E-state index contributed by atoms with van der Waals surface area (Å²) >= 11 is 0. The van der Waals surface area contributed by atoms with Gasteiger partial charge in [0.2, 0.25) is 6.36 Å². The van der Waals surface area contributed by atoms with Crippen molar-refractivity contribution in [2.24, 2.45) is 5.92 Å². The van der Waals surface area contributed by atoms with Crippen molar-refractivity contribution in [3.8, 4) is 0 Å². The number of oxazole rings is 1. The average Bonchev–Trinajstić information content (AvgIpc) is 3.07. The number of hydrogen-bond acceptors (Lipinski definition) is 4. The zero-order valence-corrected chi connectivity index (χ0v) is 17.0. The molecule has 3 unspecified atom stereocenters. The number of alkyl halides is 1. The number of aryl methyl sites for hydroxylation is 1. The molecule has 0 amide bonds. The Morgan fingerprint density at radius 2 is 2.26 bits per heavy atom. The maximum atomic E-state index is 14.2. The smallest absolute Gasteiger partial charge is 0.204 e. The van der Waals surface area contributed by atoms with Gasteiger partial charge in [-0.1, -0.05) is 24.6 Å². The summed E-state index contributed by atoms with van der Waals surface area (Å²) in [7, 11) is 0. The van der Waals surface area contributed by atoms with Gasteiger partial charge in [0.1, 0.15) is 12.0 Å². The molecule has 1 saturated heterocycles. The number of hydrogen-bond donors (Lipinski definition) is 0. The van der Waals surface area contributed by atoms with E-state index in [2.05, 4.69) is 24.1 Å². The van der Waals surface area contributed by atoms with Gasteiger partial charge in [-0.05, 0) is 64.4 Å². The first kappa shape index (κ1) is 21.8. The maximum Gasteiger partial charge on any atom is 0.204 e. The number of rotatable bonds is 11. The summed E-state index contributed by atoms with van der Waals surface area (Å²) in [5.74, 6) is 0.587. The molecule has 0 bridgehead atoms. The van der Waals surface area contributed by atoms with Gasteiger partial charge in [0.25, 0.3) is 0 Å². The summed E-state index contributed by atoms with van der Waals surface area (Å²) < 4.78 is 30.2. The van der Waals surface area contributed by atoms with Crippen LogP contribution in [0, 0.1) is 12.8 Å². The van der Waals surface area contributed by atoms with Gasteiger partial charge in [0.15, 0.2) is 12.2 Å². The number of unbranched alkanes of at least 4 members (excludes halogenated alkanes) is 1. The highest BCUT2D eigenvalue weighted by Crippen LogP contribution is 2.23. The monoisotopic (exact) mass is 379 g/mol. The molecule has 152 valence electrons. The summed E-state index contributed by atoms with van der Waals surface area (Å²) in [5.41, 5.74) is 2.23. The summed E-state index contributed by atoms with van der Waals surface area (Å²) in [6.07, 6.45) is 14.1. The van der Waals surface area contributed by atoms with Crippen molar-refractivity contribution in [3.63, 3.8) is 0 Å². The van der Waals surface area contributed by atoms with E-state index >= 15 is 0 Å². The second kappa shape index (κ2) is 12.1. The second-order valence-corrected chi connectivity index (χ2v) is 7.47. The van der Waals surface area contributed by atoms with E-state index in [0.29, 0.717) is 12.5 Å². The van der Waals surface area contributed by atoms with Crippen molar-refractivity contribution in [3.05, 3.63) is 35.6 Å². The number of aromatic nitrogens is 1. The van der Waals surface area contributed by atoms with Crippen LogP contribution in [0.5, 0.6) is 0 Å². The Labute approximate surface area is 162 Å². The largest absolute Gasteiger partial charge is 0.449 e. The van der Waals surface area contributed by atoms with Gasteiger partial charge in [0.05, 0.1) is 0 Å². The van der Waals surface area contributed by atoms with E-state index in [-0.39, 0.29) is 12.2 Å². The van der Waals surface area contributed by atoms with Crippen LogP contribution < -0.4 is 0 Å². The van der Waals surface area contributed by atoms with Crippen LogP contribution in [0.4, 0.5) is 4.39 Å². The molecular formula is C22H34FNO3. The Balaban J connectivity index is 1.56. The Morgan fingerprint density at radius 1 is 1.41 bits per heavy atom. The molecule has 0 saturated carbocycles. The summed E-state index contributed by atoms with van der Waals surface area (Å²) in [5, 5.41) is 0. The molecule has 0 aliphatic carbocycles. The third-order valence-corrected chi connectivity index (χ3v) is 4.85. The molecule has 1 fully saturated rings. The molecule has 4 nitrogen and oxygen atoms in total. The first-order chi connectivity index (χ1) is 13.0. The van der Waals surface area contributed by atoms with Crippen LogP contribution in [-0.4, -0.2) is 24.2 Å². The Bertz CT molecular complexity index is 590. The third kappa shape index (κ3) is 8.85. The van der Waals surface area contributed by atoms with Crippen LogP contribution in [0.15, 0.2) is 28.4 Å². The molecule has 2 rings (SSSR count). The zero-order chi connectivity index (χ0) is 19.5. The summed E-state index contributed by atoms with van der Waals surface area (Å²) in [4.78, 5) is 4.23. The number of ether oxygens (including phenoxy) is 2. The maximum absolute atomic E-state index is 14.2. The molecular weight excluding hydrogens is 345 g/mol. The summed E-state index contributed by atoms with van der Waals surface area (Å²) in [6.45, 7) is 6.59. The Kier molecular flexibility index (Phi) is 9.78. The van der Waals surface area contributed by atoms with Gasteiger partial charge in [-0.2, -0.15) is 0 Å². The van der Waals surface area contributed by atoms with Crippen molar-refractivity contribution in [2.75, 3.05) is 6.61 Å². The molecule has 0 spiro atoms. The van der Waals surface area contributed by atoms with Crippen molar-refractivity contribution in [1.29, 1.82) is 0 Å². The van der Waals surface area contributed by atoms with E-state index in [0.717, 1.165) is 57.1 Å². The fourth-order valence-electron chi connectivity index (χ4n) is 3.12. The normalized spacial score (nSPS) is 20.9. The fraction of sp³-hybridized carbons (Fsp3) is 0.682. The minimum absolute atomic E-state index is 0.0998. The lowest BCUT2D eigenvalue weighted by atomic mass is 10.0. The van der Waals surface area contributed by atoms with E-state index in [1.165, 1.54) is 5.57 Å². The lowest BCUT2D eigenvalue weighted by molar-refractivity contribution is -0.230. The van der Waals surface area contributed by atoms with Crippen molar-refractivity contribution < 1.29 is 18.3 Å². The molecule has 0 N–H and O–H groups in total. The first-order valence-electron chi connectivity index (χ1n) is 10.2. The van der Waals surface area contributed by atoms with Crippen LogP contribution in [0.1, 0.15) is 76.8 Å². The lowest BCUT2D eigenvalue weighted by Gasteiger charge is -2.26. The number of halogens is 1. The SMILES string of the molecule is CC(=CCCC=Cc1coc(C)n1)CCCC(C)C(F)OC1CCCCO1.